The molecule has 1 aliphatic rings. The van der Waals surface area contributed by atoms with Crippen LogP contribution in [0.4, 0.5) is 0 Å². The van der Waals surface area contributed by atoms with Crippen molar-refractivity contribution >= 4 is 5.91 Å². The van der Waals surface area contributed by atoms with Crippen molar-refractivity contribution in [1.82, 2.24) is 20.0 Å². The summed E-state index contributed by atoms with van der Waals surface area (Å²) in [6.45, 7) is 7.45. The molecule has 2 heterocycles. The molecule has 0 unspecified atom stereocenters. The second kappa shape index (κ2) is 8.27. The minimum atomic E-state index is -0.426. The third-order valence-corrected chi connectivity index (χ3v) is 4.33. The lowest BCUT2D eigenvalue weighted by molar-refractivity contribution is -0.139. The van der Waals surface area contributed by atoms with Crippen molar-refractivity contribution in [3.8, 4) is 0 Å². The topological polar surface area (TPSA) is 59.4 Å². The highest BCUT2D eigenvalue weighted by molar-refractivity contribution is 5.81. The van der Waals surface area contributed by atoms with Gasteiger partial charge in [0.25, 0.3) is 5.91 Å². The van der Waals surface area contributed by atoms with Crippen LogP contribution in [0.3, 0.4) is 0 Å². The van der Waals surface area contributed by atoms with Crippen LogP contribution >= 0.6 is 0 Å². The van der Waals surface area contributed by atoms with Crippen LogP contribution in [-0.2, 0) is 22.6 Å². The number of rotatable bonds is 6. The SMILES string of the molecule is CC(C)n1ccc(CNC(=O)[C@H]2CN(Cc3ccccc3)CCO2)n1. The molecular formula is C19H26N4O2. The van der Waals surface area contributed by atoms with Gasteiger partial charge in [0.15, 0.2) is 0 Å². The molecule has 1 amide bonds. The van der Waals surface area contributed by atoms with E-state index in [0.29, 0.717) is 25.7 Å². The van der Waals surface area contributed by atoms with E-state index in [1.54, 1.807) is 0 Å². The van der Waals surface area contributed by atoms with Gasteiger partial charge in [-0.3, -0.25) is 14.4 Å². The Morgan fingerprint density at radius 1 is 1.32 bits per heavy atom. The smallest absolute Gasteiger partial charge is 0.250 e. The minimum absolute atomic E-state index is 0.0724. The van der Waals surface area contributed by atoms with Crippen molar-refractivity contribution in [2.24, 2.45) is 0 Å². The summed E-state index contributed by atoms with van der Waals surface area (Å²) in [6, 6.07) is 12.6. The summed E-state index contributed by atoms with van der Waals surface area (Å²) in [7, 11) is 0. The molecule has 1 aromatic carbocycles. The highest BCUT2D eigenvalue weighted by Gasteiger charge is 2.26. The van der Waals surface area contributed by atoms with Gasteiger partial charge in [0.05, 0.1) is 18.8 Å². The van der Waals surface area contributed by atoms with Crippen molar-refractivity contribution in [3.63, 3.8) is 0 Å². The fourth-order valence-corrected chi connectivity index (χ4v) is 2.90. The first-order chi connectivity index (χ1) is 12.1. The van der Waals surface area contributed by atoms with E-state index < -0.39 is 6.10 Å². The number of nitrogens with zero attached hydrogens (tertiary/aromatic N) is 3. The van der Waals surface area contributed by atoms with E-state index in [0.717, 1.165) is 18.8 Å². The molecule has 1 fully saturated rings. The van der Waals surface area contributed by atoms with Crippen LogP contribution in [0, 0.1) is 0 Å². The van der Waals surface area contributed by atoms with Gasteiger partial charge in [-0.2, -0.15) is 5.10 Å². The fraction of sp³-hybridized carbons (Fsp3) is 0.474. The Hall–Kier alpha value is -2.18. The van der Waals surface area contributed by atoms with E-state index >= 15 is 0 Å². The normalized spacial score (nSPS) is 18.4. The van der Waals surface area contributed by atoms with Gasteiger partial charge >= 0.3 is 0 Å². The first kappa shape index (κ1) is 17.6. The van der Waals surface area contributed by atoms with Crippen molar-refractivity contribution in [3.05, 3.63) is 53.9 Å². The number of carbonyl (C=O) groups excluding carboxylic acids is 1. The maximum absolute atomic E-state index is 12.4. The van der Waals surface area contributed by atoms with Crippen molar-refractivity contribution < 1.29 is 9.53 Å². The Morgan fingerprint density at radius 3 is 2.84 bits per heavy atom. The molecule has 0 bridgehead atoms. The van der Waals surface area contributed by atoms with Gasteiger partial charge in [0.1, 0.15) is 6.10 Å². The van der Waals surface area contributed by atoms with Crippen LogP contribution < -0.4 is 5.32 Å². The highest BCUT2D eigenvalue weighted by atomic mass is 16.5. The Labute approximate surface area is 148 Å². The predicted molar refractivity (Wildman–Crippen MR) is 95.9 cm³/mol. The molecule has 0 aliphatic carbocycles. The van der Waals surface area contributed by atoms with Gasteiger partial charge in [-0.15, -0.1) is 0 Å². The summed E-state index contributed by atoms with van der Waals surface area (Å²) in [5.74, 6) is -0.0724. The zero-order valence-corrected chi connectivity index (χ0v) is 14.9. The van der Waals surface area contributed by atoms with E-state index in [-0.39, 0.29) is 5.91 Å². The number of carbonyl (C=O) groups is 1. The van der Waals surface area contributed by atoms with E-state index in [1.165, 1.54) is 5.56 Å². The maximum atomic E-state index is 12.4. The number of morpholine rings is 1. The monoisotopic (exact) mass is 342 g/mol. The summed E-state index contributed by atoms with van der Waals surface area (Å²) < 4.78 is 7.55. The molecule has 1 atom stereocenters. The van der Waals surface area contributed by atoms with Crippen molar-refractivity contribution in [2.75, 3.05) is 19.7 Å². The summed E-state index contributed by atoms with van der Waals surface area (Å²) in [5, 5.41) is 7.39. The molecule has 25 heavy (non-hydrogen) atoms. The zero-order chi connectivity index (χ0) is 17.6. The molecular weight excluding hydrogens is 316 g/mol. The standard InChI is InChI=1S/C19H26N4O2/c1-15(2)23-9-8-17(21-23)12-20-19(24)18-14-22(10-11-25-18)13-16-6-4-3-5-7-16/h3-9,15,18H,10-14H2,1-2H3,(H,20,24)/t18-/m1/s1. The Morgan fingerprint density at radius 2 is 2.12 bits per heavy atom. The third-order valence-electron chi connectivity index (χ3n) is 4.33. The quantitative estimate of drug-likeness (QED) is 0.872. The van der Waals surface area contributed by atoms with Gasteiger partial charge in [0.2, 0.25) is 0 Å². The van der Waals surface area contributed by atoms with Crippen LogP contribution in [0.15, 0.2) is 42.6 Å². The van der Waals surface area contributed by atoms with Gasteiger partial charge in [-0.05, 0) is 25.5 Å². The second-order valence-electron chi connectivity index (χ2n) is 6.68. The minimum Gasteiger partial charge on any atom is -0.366 e. The van der Waals surface area contributed by atoms with E-state index in [9.17, 15) is 4.79 Å². The largest absolute Gasteiger partial charge is 0.366 e. The molecule has 6 heteroatoms. The average Bonchev–Trinajstić information content (AvgIpc) is 3.10. The Balaban J connectivity index is 1.49. The third kappa shape index (κ3) is 4.90. The summed E-state index contributed by atoms with van der Waals surface area (Å²) in [4.78, 5) is 14.7. The Bertz CT molecular complexity index is 684. The van der Waals surface area contributed by atoms with Crippen molar-refractivity contribution in [1.29, 1.82) is 0 Å². The number of aromatic nitrogens is 2. The molecule has 2 aromatic rings. The molecule has 1 aromatic heterocycles. The number of benzene rings is 1. The van der Waals surface area contributed by atoms with E-state index in [4.69, 9.17) is 4.74 Å². The summed E-state index contributed by atoms with van der Waals surface area (Å²) in [5.41, 5.74) is 2.11. The number of hydrogen-bond acceptors (Lipinski definition) is 4. The lowest BCUT2D eigenvalue weighted by Crippen LogP contribution is -2.49. The van der Waals surface area contributed by atoms with Gasteiger partial charge in [0, 0.05) is 31.9 Å². The zero-order valence-electron chi connectivity index (χ0n) is 14.9. The molecule has 1 N–H and O–H groups in total. The molecule has 134 valence electrons. The number of ether oxygens (including phenoxy) is 1. The first-order valence-electron chi connectivity index (χ1n) is 8.81. The molecule has 0 radical (unpaired) electrons. The van der Waals surface area contributed by atoms with Crippen LogP contribution in [0.5, 0.6) is 0 Å². The molecule has 1 aliphatic heterocycles. The van der Waals surface area contributed by atoms with Crippen LogP contribution in [0.2, 0.25) is 0 Å². The van der Waals surface area contributed by atoms with Gasteiger partial charge in [-0.25, -0.2) is 0 Å². The van der Waals surface area contributed by atoms with Crippen LogP contribution in [0.25, 0.3) is 0 Å². The fourth-order valence-electron chi connectivity index (χ4n) is 2.90. The van der Waals surface area contributed by atoms with Crippen LogP contribution in [0.1, 0.15) is 31.1 Å². The molecule has 3 rings (SSSR count). The first-order valence-corrected chi connectivity index (χ1v) is 8.81. The lowest BCUT2D eigenvalue weighted by Gasteiger charge is -2.32. The number of amides is 1. The highest BCUT2D eigenvalue weighted by Crippen LogP contribution is 2.11. The molecule has 6 nitrogen and oxygen atoms in total. The average molecular weight is 342 g/mol. The predicted octanol–water partition coefficient (Wildman–Crippen LogP) is 1.98. The number of nitrogens with one attached hydrogen (secondary N) is 1. The van der Waals surface area contributed by atoms with Crippen LogP contribution in [-0.4, -0.2) is 46.4 Å². The lowest BCUT2D eigenvalue weighted by atomic mass is 10.2. The second-order valence-corrected chi connectivity index (χ2v) is 6.68. The van der Waals surface area contributed by atoms with E-state index in [1.807, 2.05) is 35.1 Å². The van der Waals surface area contributed by atoms with E-state index in [2.05, 4.69) is 41.3 Å². The van der Waals surface area contributed by atoms with Gasteiger partial charge in [-0.1, -0.05) is 30.3 Å². The molecule has 1 saturated heterocycles. The summed E-state index contributed by atoms with van der Waals surface area (Å²) in [6.07, 6.45) is 1.51. The summed E-state index contributed by atoms with van der Waals surface area (Å²) >= 11 is 0. The van der Waals surface area contributed by atoms with Gasteiger partial charge < -0.3 is 10.1 Å². The number of hydrogen-bond donors (Lipinski definition) is 1. The Kier molecular flexibility index (Phi) is 5.83. The van der Waals surface area contributed by atoms with Crippen molar-refractivity contribution in [2.45, 2.75) is 39.1 Å². The molecule has 0 saturated carbocycles. The molecule has 0 spiro atoms. The maximum Gasteiger partial charge on any atom is 0.250 e.